The Bertz CT molecular complexity index is 336. The number of aromatic nitrogens is 2. The molecule has 0 fully saturated rings. The second kappa shape index (κ2) is 2.83. The minimum Gasteiger partial charge on any atom is -0.358 e. The van der Waals surface area contributed by atoms with Crippen LogP contribution in [0.5, 0.6) is 0 Å². The zero-order chi connectivity index (χ0) is 10.2. The van der Waals surface area contributed by atoms with E-state index < -0.39 is 4.92 Å². The van der Waals surface area contributed by atoms with E-state index in [9.17, 15) is 10.1 Å². The number of aryl methyl sites for hydroxylation is 1. The van der Waals surface area contributed by atoms with Crippen LogP contribution in [0.25, 0.3) is 0 Å². The van der Waals surface area contributed by atoms with Gasteiger partial charge in [-0.05, 0) is 32.6 Å². The first-order chi connectivity index (χ1) is 5.84. The van der Waals surface area contributed by atoms with Crippen LogP contribution in [0.15, 0.2) is 6.33 Å². The first kappa shape index (κ1) is 9.70. The predicted molar refractivity (Wildman–Crippen MR) is 48.6 cm³/mol. The molecule has 5 nitrogen and oxygen atoms in total. The number of rotatable bonds is 1. The smallest absolute Gasteiger partial charge is 0.345 e. The van der Waals surface area contributed by atoms with Crippen LogP contribution in [0.4, 0.5) is 5.82 Å². The first-order valence-electron chi connectivity index (χ1n) is 4.03. The quantitative estimate of drug-likeness (QED) is 0.493. The van der Waals surface area contributed by atoms with E-state index in [0.29, 0.717) is 5.69 Å². The van der Waals surface area contributed by atoms with Crippen molar-refractivity contribution in [3.05, 3.63) is 22.1 Å². The molecule has 0 aromatic carbocycles. The number of hydrogen-bond acceptors (Lipinski definition) is 3. The molecule has 0 saturated carbocycles. The average Bonchev–Trinajstić information content (AvgIpc) is 2.28. The summed E-state index contributed by atoms with van der Waals surface area (Å²) in [6, 6.07) is 0. The summed E-state index contributed by atoms with van der Waals surface area (Å²) in [5.41, 5.74) is 0.156. The molecule has 0 amide bonds. The van der Waals surface area contributed by atoms with Crippen molar-refractivity contribution in [3.8, 4) is 0 Å². The SMILES string of the molecule is Cc1ncn(C(C)(C)C)c1[N+](=O)[O-]. The molecule has 0 unspecified atom stereocenters. The molecule has 0 N–H and O–H groups in total. The van der Waals surface area contributed by atoms with Gasteiger partial charge in [-0.25, -0.2) is 9.55 Å². The summed E-state index contributed by atoms with van der Waals surface area (Å²) in [6.45, 7) is 7.35. The van der Waals surface area contributed by atoms with Crippen molar-refractivity contribution in [1.29, 1.82) is 0 Å². The molecule has 1 rings (SSSR count). The number of hydrogen-bond donors (Lipinski definition) is 0. The van der Waals surface area contributed by atoms with Crippen molar-refractivity contribution >= 4 is 5.82 Å². The monoisotopic (exact) mass is 183 g/mol. The van der Waals surface area contributed by atoms with Crippen LogP contribution in [0.1, 0.15) is 26.5 Å². The molecule has 1 heterocycles. The van der Waals surface area contributed by atoms with E-state index in [-0.39, 0.29) is 11.4 Å². The molecule has 0 bridgehead atoms. The number of imidazole rings is 1. The summed E-state index contributed by atoms with van der Waals surface area (Å²) >= 11 is 0. The Kier molecular flexibility index (Phi) is 2.11. The van der Waals surface area contributed by atoms with Crippen molar-refractivity contribution in [2.24, 2.45) is 0 Å². The second-order valence-electron chi connectivity index (χ2n) is 3.95. The summed E-state index contributed by atoms with van der Waals surface area (Å²) in [7, 11) is 0. The Morgan fingerprint density at radius 1 is 1.54 bits per heavy atom. The fraction of sp³-hybridized carbons (Fsp3) is 0.625. The van der Waals surface area contributed by atoms with Gasteiger partial charge in [-0.15, -0.1) is 0 Å². The van der Waals surface area contributed by atoms with Crippen LogP contribution in [-0.4, -0.2) is 14.5 Å². The number of nitro groups is 1. The standard InChI is InChI=1S/C8H13N3O2/c1-6-7(11(12)13)10(5-9-6)8(2,3)4/h5H,1-4H3. The van der Waals surface area contributed by atoms with Crippen molar-refractivity contribution in [2.75, 3.05) is 0 Å². The Hall–Kier alpha value is -1.39. The first-order valence-corrected chi connectivity index (χ1v) is 4.03. The maximum absolute atomic E-state index is 10.7. The molecule has 0 spiro atoms. The second-order valence-corrected chi connectivity index (χ2v) is 3.95. The molecule has 13 heavy (non-hydrogen) atoms. The molecule has 0 atom stereocenters. The molecule has 0 aliphatic rings. The van der Waals surface area contributed by atoms with Crippen LogP contribution in [0, 0.1) is 17.0 Å². The minimum atomic E-state index is -0.395. The third-order valence-corrected chi connectivity index (χ3v) is 1.81. The maximum Gasteiger partial charge on any atom is 0.345 e. The Morgan fingerprint density at radius 3 is 2.38 bits per heavy atom. The third kappa shape index (κ3) is 1.68. The highest BCUT2D eigenvalue weighted by atomic mass is 16.6. The lowest BCUT2D eigenvalue weighted by molar-refractivity contribution is -0.393. The lowest BCUT2D eigenvalue weighted by atomic mass is 10.1. The topological polar surface area (TPSA) is 61.0 Å². The van der Waals surface area contributed by atoms with Gasteiger partial charge in [0, 0.05) is 0 Å². The van der Waals surface area contributed by atoms with Gasteiger partial charge in [-0.1, -0.05) is 0 Å². The van der Waals surface area contributed by atoms with Gasteiger partial charge >= 0.3 is 5.82 Å². The van der Waals surface area contributed by atoms with Crippen LogP contribution >= 0.6 is 0 Å². The highest BCUT2D eigenvalue weighted by Gasteiger charge is 2.27. The molecule has 1 aromatic heterocycles. The largest absolute Gasteiger partial charge is 0.358 e. The van der Waals surface area contributed by atoms with Gasteiger partial charge in [0.2, 0.25) is 0 Å². The van der Waals surface area contributed by atoms with Gasteiger partial charge in [0.25, 0.3) is 0 Å². The van der Waals surface area contributed by atoms with E-state index in [1.807, 2.05) is 20.8 Å². The van der Waals surface area contributed by atoms with Gasteiger partial charge in [0.05, 0.1) is 0 Å². The highest BCUT2D eigenvalue weighted by molar-refractivity contribution is 5.27. The Morgan fingerprint density at radius 2 is 2.08 bits per heavy atom. The van der Waals surface area contributed by atoms with E-state index in [0.717, 1.165) is 0 Å². The minimum absolute atomic E-state index is 0.0764. The molecule has 72 valence electrons. The molecule has 1 aromatic rings. The highest BCUT2D eigenvalue weighted by Crippen LogP contribution is 2.24. The van der Waals surface area contributed by atoms with Crippen molar-refractivity contribution < 1.29 is 4.92 Å². The van der Waals surface area contributed by atoms with Gasteiger partial charge in [0.15, 0.2) is 6.33 Å². The number of nitrogens with zero attached hydrogens (tertiary/aromatic N) is 3. The molecule has 5 heteroatoms. The normalized spacial score (nSPS) is 11.7. The summed E-state index contributed by atoms with van der Waals surface area (Å²) < 4.78 is 1.57. The maximum atomic E-state index is 10.7. The van der Waals surface area contributed by atoms with Crippen LogP contribution in [0.2, 0.25) is 0 Å². The van der Waals surface area contributed by atoms with Crippen LogP contribution < -0.4 is 0 Å². The fourth-order valence-corrected chi connectivity index (χ4v) is 1.14. The van der Waals surface area contributed by atoms with Gasteiger partial charge < -0.3 is 10.1 Å². The van der Waals surface area contributed by atoms with Gasteiger partial charge in [0.1, 0.15) is 11.2 Å². The summed E-state index contributed by atoms with van der Waals surface area (Å²) in [6.07, 6.45) is 1.51. The molecular formula is C8H13N3O2. The van der Waals surface area contributed by atoms with E-state index in [1.165, 1.54) is 6.33 Å². The zero-order valence-electron chi connectivity index (χ0n) is 8.24. The zero-order valence-corrected chi connectivity index (χ0v) is 8.24. The van der Waals surface area contributed by atoms with Crippen molar-refractivity contribution in [2.45, 2.75) is 33.2 Å². The Labute approximate surface area is 76.5 Å². The molecule has 0 aliphatic carbocycles. The van der Waals surface area contributed by atoms with Crippen molar-refractivity contribution in [3.63, 3.8) is 0 Å². The molecular weight excluding hydrogens is 170 g/mol. The summed E-state index contributed by atoms with van der Waals surface area (Å²) in [5.74, 6) is 0.0764. The van der Waals surface area contributed by atoms with Crippen LogP contribution in [0.3, 0.4) is 0 Å². The van der Waals surface area contributed by atoms with E-state index in [4.69, 9.17) is 0 Å². The molecule has 0 aliphatic heterocycles. The lowest BCUT2D eigenvalue weighted by Crippen LogP contribution is -2.22. The van der Waals surface area contributed by atoms with Crippen LogP contribution in [-0.2, 0) is 5.54 Å². The van der Waals surface area contributed by atoms with E-state index in [1.54, 1.807) is 11.5 Å². The molecule has 0 radical (unpaired) electrons. The average molecular weight is 183 g/mol. The molecule has 0 saturated heterocycles. The predicted octanol–water partition coefficient (Wildman–Crippen LogP) is 1.85. The lowest BCUT2D eigenvalue weighted by Gasteiger charge is -2.15. The third-order valence-electron chi connectivity index (χ3n) is 1.81. The van der Waals surface area contributed by atoms with E-state index >= 15 is 0 Å². The summed E-state index contributed by atoms with van der Waals surface area (Å²) in [5, 5.41) is 10.7. The fourth-order valence-electron chi connectivity index (χ4n) is 1.14. The van der Waals surface area contributed by atoms with Crippen molar-refractivity contribution in [1.82, 2.24) is 9.55 Å². The van der Waals surface area contributed by atoms with Gasteiger partial charge in [-0.2, -0.15) is 0 Å². The van der Waals surface area contributed by atoms with E-state index in [2.05, 4.69) is 4.98 Å². The van der Waals surface area contributed by atoms with Gasteiger partial charge in [-0.3, -0.25) is 0 Å². The Balaban J connectivity index is 3.31. The summed E-state index contributed by atoms with van der Waals surface area (Å²) in [4.78, 5) is 14.2.